The van der Waals surface area contributed by atoms with Crippen LogP contribution in [0.5, 0.6) is 0 Å². The molecule has 4 heteroatoms. The normalized spacial score (nSPS) is 10.7. The van der Waals surface area contributed by atoms with E-state index in [4.69, 9.17) is 23.2 Å². The second-order valence-electron chi connectivity index (χ2n) is 4.49. The molecule has 2 aromatic carbocycles. The van der Waals surface area contributed by atoms with Gasteiger partial charge in [-0.3, -0.25) is 0 Å². The van der Waals surface area contributed by atoms with Crippen molar-refractivity contribution in [2.45, 2.75) is 6.42 Å². The molecule has 2 nitrogen and oxygen atoms in total. The molecule has 3 rings (SSSR count). The number of aromatic nitrogens is 2. The van der Waals surface area contributed by atoms with E-state index in [0.717, 1.165) is 27.7 Å². The Kier molecular flexibility index (Phi) is 3.77. The molecule has 1 heterocycles. The molecule has 3 aromatic rings. The first-order valence-electron chi connectivity index (χ1n) is 6.26. The van der Waals surface area contributed by atoms with Crippen LogP contribution in [-0.2, 0) is 6.42 Å². The van der Waals surface area contributed by atoms with Gasteiger partial charge in [-0.15, -0.1) is 0 Å². The fourth-order valence-corrected chi connectivity index (χ4v) is 2.53. The molecule has 100 valence electrons. The van der Waals surface area contributed by atoms with Crippen LogP contribution in [0.15, 0.2) is 54.7 Å². The summed E-state index contributed by atoms with van der Waals surface area (Å²) in [7, 11) is 0. The van der Waals surface area contributed by atoms with Gasteiger partial charge < -0.3 is 4.98 Å². The number of H-pyrrole nitrogens is 1. The van der Waals surface area contributed by atoms with Crippen LogP contribution < -0.4 is 0 Å². The molecule has 0 fully saturated rings. The van der Waals surface area contributed by atoms with Gasteiger partial charge in [0.25, 0.3) is 0 Å². The van der Waals surface area contributed by atoms with Crippen molar-refractivity contribution in [1.29, 1.82) is 0 Å². The van der Waals surface area contributed by atoms with Gasteiger partial charge >= 0.3 is 0 Å². The summed E-state index contributed by atoms with van der Waals surface area (Å²) in [5.41, 5.74) is 2.92. The molecule has 0 aliphatic carbocycles. The standard InChI is InChI=1S/C16H12Cl2N2/c17-13-7-3-1-5-11(13)9-16-19-10-15(20-16)12-6-2-4-8-14(12)18/h1-8,10H,9H2,(H,19,20). The van der Waals surface area contributed by atoms with Gasteiger partial charge in [-0.05, 0) is 17.7 Å². The third-order valence-corrected chi connectivity index (χ3v) is 3.81. The number of nitrogens with one attached hydrogen (secondary N) is 1. The SMILES string of the molecule is Clc1ccccc1Cc1ncc(-c2ccccc2Cl)[nH]1. The first kappa shape index (κ1) is 13.2. The van der Waals surface area contributed by atoms with E-state index in [9.17, 15) is 0 Å². The molecule has 0 aliphatic rings. The van der Waals surface area contributed by atoms with Crippen molar-refractivity contribution < 1.29 is 0 Å². The molecular formula is C16H12Cl2N2. The topological polar surface area (TPSA) is 28.7 Å². The molecule has 0 saturated heterocycles. The maximum Gasteiger partial charge on any atom is 0.110 e. The Morgan fingerprint density at radius 2 is 1.60 bits per heavy atom. The molecule has 1 aromatic heterocycles. The van der Waals surface area contributed by atoms with Crippen LogP contribution in [0.3, 0.4) is 0 Å². The monoisotopic (exact) mass is 302 g/mol. The van der Waals surface area contributed by atoms with E-state index in [-0.39, 0.29) is 0 Å². The molecule has 0 saturated carbocycles. The van der Waals surface area contributed by atoms with Gasteiger partial charge in [0.1, 0.15) is 5.82 Å². The summed E-state index contributed by atoms with van der Waals surface area (Å²) < 4.78 is 0. The zero-order valence-electron chi connectivity index (χ0n) is 10.6. The maximum atomic E-state index is 6.18. The van der Waals surface area contributed by atoms with Crippen LogP contribution in [-0.4, -0.2) is 9.97 Å². The first-order chi connectivity index (χ1) is 9.74. The van der Waals surface area contributed by atoms with E-state index >= 15 is 0 Å². The highest BCUT2D eigenvalue weighted by molar-refractivity contribution is 6.33. The van der Waals surface area contributed by atoms with Gasteiger partial charge in [-0.25, -0.2) is 4.98 Å². The molecule has 0 atom stereocenters. The first-order valence-corrected chi connectivity index (χ1v) is 7.02. The van der Waals surface area contributed by atoms with Crippen molar-refractivity contribution in [1.82, 2.24) is 9.97 Å². The minimum atomic E-state index is 0.671. The van der Waals surface area contributed by atoms with E-state index in [1.165, 1.54) is 0 Å². The van der Waals surface area contributed by atoms with Gasteiger partial charge in [-0.1, -0.05) is 59.6 Å². The van der Waals surface area contributed by atoms with Gasteiger partial charge in [0.05, 0.1) is 11.9 Å². The largest absolute Gasteiger partial charge is 0.342 e. The van der Waals surface area contributed by atoms with E-state index < -0.39 is 0 Å². The lowest BCUT2D eigenvalue weighted by molar-refractivity contribution is 1.03. The predicted octanol–water partition coefficient (Wildman–Crippen LogP) is 4.97. The summed E-state index contributed by atoms with van der Waals surface area (Å²) in [6, 6.07) is 15.5. The summed E-state index contributed by atoms with van der Waals surface area (Å²) >= 11 is 12.3. The highest BCUT2D eigenvalue weighted by Crippen LogP contribution is 2.26. The smallest absolute Gasteiger partial charge is 0.110 e. The zero-order chi connectivity index (χ0) is 13.9. The van der Waals surface area contributed by atoms with Crippen LogP contribution in [0.1, 0.15) is 11.4 Å². The van der Waals surface area contributed by atoms with E-state index in [1.54, 1.807) is 6.20 Å². The molecule has 20 heavy (non-hydrogen) atoms. The molecule has 0 spiro atoms. The van der Waals surface area contributed by atoms with Crippen molar-refractivity contribution in [3.05, 3.63) is 76.2 Å². The summed E-state index contributed by atoms with van der Waals surface area (Å²) in [4.78, 5) is 7.69. The second kappa shape index (κ2) is 5.70. The second-order valence-corrected chi connectivity index (χ2v) is 5.31. The number of aromatic amines is 1. The minimum absolute atomic E-state index is 0.671. The highest BCUT2D eigenvalue weighted by atomic mass is 35.5. The Bertz CT molecular complexity index is 735. The molecular weight excluding hydrogens is 291 g/mol. The Balaban J connectivity index is 1.88. The zero-order valence-corrected chi connectivity index (χ0v) is 12.1. The summed E-state index contributed by atoms with van der Waals surface area (Å²) in [5, 5.41) is 1.46. The van der Waals surface area contributed by atoms with Crippen molar-refractivity contribution in [3.63, 3.8) is 0 Å². The van der Waals surface area contributed by atoms with Gasteiger partial charge in [-0.2, -0.15) is 0 Å². The van der Waals surface area contributed by atoms with E-state index in [0.29, 0.717) is 11.4 Å². The predicted molar refractivity (Wildman–Crippen MR) is 83.3 cm³/mol. The lowest BCUT2D eigenvalue weighted by Crippen LogP contribution is -1.91. The van der Waals surface area contributed by atoms with Crippen LogP contribution >= 0.6 is 23.2 Å². The maximum absolute atomic E-state index is 6.18. The third kappa shape index (κ3) is 2.72. The average Bonchev–Trinajstić information content (AvgIpc) is 2.90. The molecule has 0 radical (unpaired) electrons. The fourth-order valence-electron chi connectivity index (χ4n) is 2.09. The Morgan fingerprint density at radius 1 is 0.900 bits per heavy atom. The summed E-state index contributed by atoms with van der Waals surface area (Å²) in [5.74, 6) is 0.869. The van der Waals surface area contributed by atoms with Crippen LogP contribution in [0.4, 0.5) is 0 Å². The summed E-state index contributed by atoms with van der Waals surface area (Å²) in [6.07, 6.45) is 2.47. The van der Waals surface area contributed by atoms with E-state index in [2.05, 4.69) is 9.97 Å². The Labute approximate surface area is 127 Å². The third-order valence-electron chi connectivity index (χ3n) is 3.11. The van der Waals surface area contributed by atoms with Crippen molar-refractivity contribution in [2.75, 3.05) is 0 Å². The van der Waals surface area contributed by atoms with Crippen molar-refractivity contribution >= 4 is 23.2 Å². The Morgan fingerprint density at radius 3 is 2.35 bits per heavy atom. The molecule has 1 N–H and O–H groups in total. The minimum Gasteiger partial charge on any atom is -0.342 e. The lowest BCUT2D eigenvalue weighted by atomic mass is 10.1. The van der Waals surface area contributed by atoms with Crippen molar-refractivity contribution in [2.24, 2.45) is 0 Å². The van der Waals surface area contributed by atoms with Crippen molar-refractivity contribution in [3.8, 4) is 11.3 Å². The lowest BCUT2D eigenvalue weighted by Gasteiger charge is -2.02. The average molecular weight is 303 g/mol. The number of imidazole rings is 1. The summed E-state index contributed by atoms with van der Waals surface area (Å²) in [6.45, 7) is 0. The van der Waals surface area contributed by atoms with Gasteiger partial charge in [0, 0.05) is 22.0 Å². The number of nitrogens with zero attached hydrogens (tertiary/aromatic N) is 1. The molecule has 0 bridgehead atoms. The Hall–Kier alpha value is -1.77. The number of halogens is 2. The molecule has 0 aliphatic heterocycles. The van der Waals surface area contributed by atoms with Crippen LogP contribution in [0.2, 0.25) is 10.0 Å². The van der Waals surface area contributed by atoms with Crippen LogP contribution in [0, 0.1) is 0 Å². The quantitative estimate of drug-likeness (QED) is 0.726. The van der Waals surface area contributed by atoms with Gasteiger partial charge in [0.15, 0.2) is 0 Å². The van der Waals surface area contributed by atoms with Gasteiger partial charge in [0.2, 0.25) is 0 Å². The number of rotatable bonds is 3. The number of hydrogen-bond donors (Lipinski definition) is 1. The van der Waals surface area contributed by atoms with E-state index in [1.807, 2.05) is 48.5 Å². The van der Waals surface area contributed by atoms with Crippen LogP contribution in [0.25, 0.3) is 11.3 Å². The highest BCUT2D eigenvalue weighted by Gasteiger charge is 2.08. The molecule has 0 amide bonds. The molecule has 0 unspecified atom stereocenters. The fraction of sp³-hybridized carbons (Fsp3) is 0.0625. The number of benzene rings is 2. The number of hydrogen-bond acceptors (Lipinski definition) is 1.